The summed E-state index contributed by atoms with van der Waals surface area (Å²) in [6, 6.07) is 25.1. The van der Waals surface area contributed by atoms with Crippen LogP contribution < -0.4 is 9.47 Å². The fourth-order valence-corrected chi connectivity index (χ4v) is 5.07. The Hall–Kier alpha value is -4.46. The highest BCUT2D eigenvalue weighted by Gasteiger charge is 2.29. The molecule has 3 aromatic carbocycles. The third-order valence-corrected chi connectivity index (χ3v) is 7.23. The number of hydrogen-bond donors (Lipinski definition) is 0. The van der Waals surface area contributed by atoms with Crippen LogP contribution in [0.25, 0.3) is 11.1 Å². The molecule has 1 aromatic heterocycles. The van der Waals surface area contributed by atoms with Crippen LogP contribution in [0.15, 0.2) is 84.9 Å². The third-order valence-electron chi connectivity index (χ3n) is 7.23. The Morgan fingerprint density at radius 3 is 1.95 bits per heavy atom. The maximum Gasteiger partial charge on any atom is 0.410 e. The number of aromatic nitrogens is 1. The first-order chi connectivity index (χ1) is 20.7. The normalized spacial score (nSPS) is 13.9. The molecule has 6 nitrogen and oxygen atoms in total. The molecular weight excluding hydrogens is 550 g/mol. The van der Waals surface area contributed by atoms with E-state index in [-0.39, 0.29) is 48.1 Å². The van der Waals surface area contributed by atoms with E-state index in [0.29, 0.717) is 31.5 Å². The number of amides is 1. The van der Waals surface area contributed by atoms with Crippen molar-refractivity contribution in [3.05, 3.63) is 113 Å². The molecule has 0 bridgehead atoms. The number of carbonyl (C=O) groups is 1. The number of ether oxygens (including phenoxy) is 3. The van der Waals surface area contributed by atoms with Crippen molar-refractivity contribution in [2.75, 3.05) is 13.1 Å². The molecule has 1 fully saturated rings. The molecule has 0 radical (unpaired) electrons. The van der Waals surface area contributed by atoms with Gasteiger partial charge in [-0.1, -0.05) is 60.7 Å². The summed E-state index contributed by atoms with van der Waals surface area (Å²) >= 11 is 0. The molecule has 0 atom stereocenters. The van der Waals surface area contributed by atoms with Crippen LogP contribution in [0.4, 0.5) is 13.6 Å². The van der Waals surface area contributed by atoms with Crippen molar-refractivity contribution in [3.8, 4) is 22.9 Å². The zero-order valence-corrected chi connectivity index (χ0v) is 24.7. The lowest BCUT2D eigenvalue weighted by Gasteiger charge is -2.33. The van der Waals surface area contributed by atoms with Crippen molar-refractivity contribution in [3.63, 3.8) is 0 Å². The van der Waals surface area contributed by atoms with Gasteiger partial charge in [0.15, 0.2) is 0 Å². The van der Waals surface area contributed by atoms with Crippen molar-refractivity contribution in [2.24, 2.45) is 0 Å². The maximum atomic E-state index is 15.7. The molecule has 0 N–H and O–H groups in total. The summed E-state index contributed by atoms with van der Waals surface area (Å²) in [5.41, 5.74) is 1.82. The molecule has 0 saturated carbocycles. The number of likely N-dealkylation sites (tertiary alicyclic amines) is 1. The van der Waals surface area contributed by atoms with Gasteiger partial charge in [-0.2, -0.15) is 4.98 Å². The number of halogens is 2. The van der Waals surface area contributed by atoms with Gasteiger partial charge in [-0.15, -0.1) is 0 Å². The van der Waals surface area contributed by atoms with Crippen LogP contribution in [-0.4, -0.2) is 34.7 Å². The highest BCUT2D eigenvalue weighted by Crippen LogP contribution is 2.38. The Balaban J connectivity index is 1.36. The number of rotatable bonds is 8. The number of benzene rings is 3. The van der Waals surface area contributed by atoms with Crippen LogP contribution in [0.5, 0.6) is 11.8 Å². The molecule has 4 aromatic rings. The predicted molar refractivity (Wildman–Crippen MR) is 161 cm³/mol. The molecule has 8 heteroatoms. The fraction of sp³-hybridized carbons (Fsp3) is 0.314. The van der Waals surface area contributed by atoms with Gasteiger partial charge in [-0.25, -0.2) is 13.6 Å². The lowest BCUT2D eigenvalue weighted by molar-refractivity contribution is 0.0204. The van der Waals surface area contributed by atoms with Gasteiger partial charge in [-0.3, -0.25) is 0 Å². The van der Waals surface area contributed by atoms with Gasteiger partial charge < -0.3 is 19.1 Å². The van der Waals surface area contributed by atoms with Gasteiger partial charge >= 0.3 is 6.09 Å². The monoisotopic (exact) mass is 586 g/mol. The Bertz CT molecular complexity index is 1510. The van der Waals surface area contributed by atoms with Crippen molar-refractivity contribution in [1.29, 1.82) is 0 Å². The largest absolute Gasteiger partial charge is 0.473 e. The summed E-state index contributed by atoms with van der Waals surface area (Å²) in [5.74, 6) is -1.13. The minimum absolute atomic E-state index is 0.0747. The highest BCUT2D eigenvalue weighted by atomic mass is 19.1. The molecule has 43 heavy (non-hydrogen) atoms. The van der Waals surface area contributed by atoms with Gasteiger partial charge in [0.2, 0.25) is 11.8 Å². The average Bonchev–Trinajstić information content (AvgIpc) is 2.99. The minimum atomic E-state index is -0.700. The quantitative estimate of drug-likeness (QED) is 0.208. The summed E-state index contributed by atoms with van der Waals surface area (Å²) in [7, 11) is 0. The lowest BCUT2D eigenvalue weighted by Crippen LogP contribution is -2.41. The van der Waals surface area contributed by atoms with E-state index in [1.165, 1.54) is 12.1 Å². The van der Waals surface area contributed by atoms with Crippen LogP contribution in [0.3, 0.4) is 0 Å². The summed E-state index contributed by atoms with van der Waals surface area (Å²) in [6.07, 6.45) is 0.793. The molecule has 0 aliphatic carbocycles. The van der Waals surface area contributed by atoms with E-state index in [9.17, 15) is 4.79 Å². The van der Waals surface area contributed by atoms with E-state index in [1.807, 2.05) is 81.4 Å². The topological polar surface area (TPSA) is 60.9 Å². The number of piperidine rings is 1. The number of carbonyl (C=O) groups excluding carboxylic acids is 1. The third kappa shape index (κ3) is 7.89. The van der Waals surface area contributed by atoms with Crippen LogP contribution in [-0.2, 0) is 18.0 Å². The zero-order valence-electron chi connectivity index (χ0n) is 24.7. The second kappa shape index (κ2) is 13.2. The molecule has 1 saturated heterocycles. The van der Waals surface area contributed by atoms with Crippen molar-refractivity contribution < 1.29 is 27.8 Å². The maximum absolute atomic E-state index is 15.7. The van der Waals surface area contributed by atoms with Crippen molar-refractivity contribution >= 4 is 6.09 Å². The molecule has 5 rings (SSSR count). The van der Waals surface area contributed by atoms with Crippen LogP contribution in [0.2, 0.25) is 0 Å². The second-order valence-corrected chi connectivity index (χ2v) is 11.7. The number of pyridine rings is 1. The van der Waals surface area contributed by atoms with Gasteiger partial charge in [0.25, 0.3) is 0 Å². The highest BCUT2D eigenvalue weighted by molar-refractivity contribution is 5.71. The predicted octanol–water partition coefficient (Wildman–Crippen LogP) is 8.30. The molecule has 2 heterocycles. The molecule has 224 valence electrons. The van der Waals surface area contributed by atoms with Gasteiger partial charge in [0.1, 0.15) is 30.4 Å². The van der Waals surface area contributed by atoms with Crippen molar-refractivity contribution in [2.45, 2.75) is 58.3 Å². The van der Waals surface area contributed by atoms with Gasteiger partial charge in [0, 0.05) is 19.2 Å². The molecule has 0 spiro atoms. The summed E-state index contributed by atoms with van der Waals surface area (Å²) in [6.45, 7) is 6.83. The first-order valence-electron chi connectivity index (χ1n) is 14.5. The number of hydrogen-bond acceptors (Lipinski definition) is 5. The molecule has 1 aliphatic rings. The smallest absolute Gasteiger partial charge is 0.410 e. The molecular formula is C35H36F2N2O4. The van der Waals surface area contributed by atoms with Gasteiger partial charge in [-0.05, 0) is 74.4 Å². The van der Waals surface area contributed by atoms with Crippen LogP contribution in [0, 0.1) is 11.6 Å². The van der Waals surface area contributed by atoms with Gasteiger partial charge in [0.05, 0.1) is 11.1 Å². The van der Waals surface area contributed by atoms with E-state index in [4.69, 9.17) is 14.2 Å². The molecule has 0 unspecified atom stereocenters. The Morgan fingerprint density at radius 1 is 0.837 bits per heavy atom. The summed E-state index contributed by atoms with van der Waals surface area (Å²) < 4.78 is 48.8. The Labute approximate surface area is 251 Å². The average molecular weight is 587 g/mol. The lowest BCUT2D eigenvalue weighted by atomic mass is 9.88. The van der Waals surface area contributed by atoms with E-state index < -0.39 is 17.2 Å². The first kappa shape index (κ1) is 30.0. The second-order valence-electron chi connectivity index (χ2n) is 11.7. The van der Waals surface area contributed by atoms with E-state index in [0.717, 1.165) is 11.1 Å². The molecule has 1 amide bonds. The first-order valence-corrected chi connectivity index (χ1v) is 14.5. The zero-order chi connectivity index (χ0) is 30.4. The SMILES string of the molecule is CC(C)(C)OC(=O)N1CCC(c2cc(F)c(-c3ccc(OCc4ccccc4)nc3OCc3ccccc3)c(F)c2)CC1. The Morgan fingerprint density at radius 2 is 1.40 bits per heavy atom. The van der Waals surface area contributed by atoms with Crippen molar-refractivity contribution in [1.82, 2.24) is 9.88 Å². The standard InChI is InChI=1S/C35H36F2N2O4/c1-35(2,3)43-34(40)39-18-16-26(17-19-39)27-20-29(36)32(30(37)21-27)28-14-15-31(41-22-24-10-6-4-7-11-24)38-33(28)42-23-25-12-8-5-9-13-25/h4-15,20-21,26H,16-19,22-23H2,1-3H3. The molecule has 1 aliphatic heterocycles. The fourth-order valence-electron chi connectivity index (χ4n) is 5.07. The van der Waals surface area contributed by atoms with E-state index in [1.54, 1.807) is 17.0 Å². The summed E-state index contributed by atoms with van der Waals surface area (Å²) in [4.78, 5) is 18.6. The van der Waals surface area contributed by atoms with Crippen LogP contribution in [0.1, 0.15) is 56.2 Å². The van der Waals surface area contributed by atoms with E-state index >= 15 is 8.78 Å². The minimum Gasteiger partial charge on any atom is -0.473 e. The van der Waals surface area contributed by atoms with E-state index in [2.05, 4.69) is 4.98 Å². The Kier molecular flexibility index (Phi) is 9.24. The van der Waals surface area contributed by atoms with Crippen LogP contribution >= 0.6 is 0 Å². The number of nitrogens with zero attached hydrogens (tertiary/aromatic N) is 2. The summed E-state index contributed by atoms with van der Waals surface area (Å²) in [5, 5.41) is 0.